The van der Waals surface area contributed by atoms with Crippen molar-refractivity contribution in [2.75, 3.05) is 19.8 Å². The van der Waals surface area contributed by atoms with Crippen molar-refractivity contribution in [3.8, 4) is 0 Å². The molecule has 3 heterocycles. The van der Waals surface area contributed by atoms with Gasteiger partial charge in [-0.1, -0.05) is 6.08 Å². The van der Waals surface area contributed by atoms with Crippen molar-refractivity contribution in [1.82, 2.24) is 14.5 Å². The Morgan fingerprint density at radius 2 is 2.43 bits per heavy atom. The van der Waals surface area contributed by atoms with Crippen LogP contribution in [0.15, 0.2) is 41.9 Å². The quantitative estimate of drug-likeness (QED) is 0.607. The number of nitrogens with zero attached hydrogens (tertiary/aromatic N) is 3. The monoisotopic (exact) mass is 303 g/mol. The Hall–Kier alpha value is -1.43. The highest BCUT2D eigenvalue weighted by molar-refractivity contribution is 7.07. The first-order valence-electron chi connectivity index (χ1n) is 7.27. The van der Waals surface area contributed by atoms with E-state index in [-0.39, 0.29) is 0 Å². The van der Waals surface area contributed by atoms with E-state index in [1.54, 1.807) is 11.3 Å². The van der Waals surface area contributed by atoms with Gasteiger partial charge in [0.25, 0.3) is 0 Å². The molecule has 0 fully saturated rings. The molecule has 4 nitrogen and oxygen atoms in total. The van der Waals surface area contributed by atoms with Crippen molar-refractivity contribution in [2.24, 2.45) is 5.92 Å². The average molecular weight is 303 g/mol. The Morgan fingerprint density at radius 1 is 1.48 bits per heavy atom. The lowest BCUT2D eigenvalue weighted by Crippen LogP contribution is -2.30. The normalized spacial score (nSPS) is 19.1. The second kappa shape index (κ2) is 7.02. The number of hydrogen-bond acceptors (Lipinski definition) is 4. The molecule has 0 aromatic carbocycles. The molecule has 0 radical (unpaired) electrons. The summed E-state index contributed by atoms with van der Waals surface area (Å²) in [5, 5.41) is 4.36. The van der Waals surface area contributed by atoms with E-state index in [2.05, 4.69) is 44.1 Å². The van der Waals surface area contributed by atoms with Crippen molar-refractivity contribution in [2.45, 2.75) is 19.6 Å². The Kier molecular flexibility index (Phi) is 4.85. The van der Waals surface area contributed by atoms with Gasteiger partial charge in [-0.2, -0.15) is 11.3 Å². The molecule has 2 aromatic rings. The Balaban J connectivity index is 1.69. The summed E-state index contributed by atoms with van der Waals surface area (Å²) in [4.78, 5) is 6.96. The highest BCUT2D eigenvalue weighted by Crippen LogP contribution is 2.19. The molecule has 0 amide bonds. The van der Waals surface area contributed by atoms with E-state index in [1.165, 1.54) is 5.56 Å². The van der Waals surface area contributed by atoms with Gasteiger partial charge in [-0.3, -0.25) is 4.90 Å². The summed E-state index contributed by atoms with van der Waals surface area (Å²) < 4.78 is 7.94. The fraction of sp³-hybridized carbons (Fsp3) is 0.438. The first-order chi connectivity index (χ1) is 10.3. The first kappa shape index (κ1) is 14.5. The molecule has 0 spiro atoms. The molecule has 0 saturated heterocycles. The van der Waals surface area contributed by atoms with Crippen LogP contribution in [0, 0.1) is 5.92 Å². The summed E-state index contributed by atoms with van der Waals surface area (Å²) in [7, 11) is 0. The predicted octanol–water partition coefficient (Wildman–Crippen LogP) is 2.78. The van der Waals surface area contributed by atoms with Crippen molar-refractivity contribution >= 4 is 11.3 Å². The fourth-order valence-corrected chi connectivity index (χ4v) is 3.47. The molecule has 0 N–H and O–H groups in total. The maximum atomic E-state index is 5.68. The van der Waals surface area contributed by atoms with Crippen LogP contribution in [0.1, 0.15) is 11.4 Å². The number of hydrogen-bond donors (Lipinski definition) is 0. The van der Waals surface area contributed by atoms with E-state index in [9.17, 15) is 0 Å². The molecule has 1 aliphatic heterocycles. The third-order valence-corrected chi connectivity index (χ3v) is 4.45. The smallest absolute Gasteiger partial charge is 0.122 e. The number of thiophene rings is 1. The number of aromatic nitrogens is 2. The van der Waals surface area contributed by atoms with Gasteiger partial charge in [-0.15, -0.1) is 6.58 Å². The molecular formula is C16H21N3OS. The highest BCUT2D eigenvalue weighted by Gasteiger charge is 2.22. The van der Waals surface area contributed by atoms with Gasteiger partial charge in [0.1, 0.15) is 5.82 Å². The van der Waals surface area contributed by atoms with Gasteiger partial charge in [-0.25, -0.2) is 4.98 Å². The third-order valence-electron chi connectivity index (χ3n) is 3.71. The van der Waals surface area contributed by atoms with Crippen LogP contribution in [-0.4, -0.2) is 34.2 Å². The summed E-state index contributed by atoms with van der Waals surface area (Å²) >= 11 is 1.76. The Labute approximate surface area is 129 Å². The van der Waals surface area contributed by atoms with E-state index >= 15 is 0 Å². The molecule has 0 bridgehead atoms. The summed E-state index contributed by atoms with van der Waals surface area (Å²) in [6.07, 6.45) is 5.78. The van der Waals surface area contributed by atoms with Gasteiger partial charge in [0.2, 0.25) is 0 Å². The number of ether oxygens (including phenoxy) is 1. The maximum Gasteiger partial charge on any atom is 0.122 e. The van der Waals surface area contributed by atoms with Crippen molar-refractivity contribution in [1.29, 1.82) is 0 Å². The summed E-state index contributed by atoms with van der Waals surface area (Å²) in [6, 6.07) is 2.20. The molecule has 112 valence electrons. The van der Waals surface area contributed by atoms with Crippen molar-refractivity contribution < 1.29 is 4.74 Å². The minimum atomic E-state index is 0.485. The topological polar surface area (TPSA) is 30.3 Å². The van der Waals surface area contributed by atoms with Gasteiger partial charge in [-0.05, 0) is 22.4 Å². The van der Waals surface area contributed by atoms with E-state index < -0.39 is 0 Å². The van der Waals surface area contributed by atoms with Gasteiger partial charge in [0, 0.05) is 37.9 Å². The van der Waals surface area contributed by atoms with Crippen LogP contribution in [0.25, 0.3) is 0 Å². The van der Waals surface area contributed by atoms with Crippen LogP contribution in [0.5, 0.6) is 0 Å². The number of imidazole rings is 1. The first-order valence-corrected chi connectivity index (χ1v) is 8.21. The van der Waals surface area contributed by atoms with Crippen LogP contribution in [0.3, 0.4) is 0 Å². The van der Waals surface area contributed by atoms with Crippen LogP contribution in [0.2, 0.25) is 0 Å². The second-order valence-corrected chi connectivity index (χ2v) is 6.27. The lowest BCUT2D eigenvalue weighted by atomic mass is 10.1. The van der Waals surface area contributed by atoms with E-state index in [4.69, 9.17) is 4.74 Å². The summed E-state index contributed by atoms with van der Waals surface area (Å²) in [6.45, 7) is 9.00. The molecule has 0 aliphatic carbocycles. The Bertz CT molecular complexity index is 564. The highest BCUT2D eigenvalue weighted by atomic mass is 32.1. The molecule has 0 unspecified atom stereocenters. The molecule has 1 aliphatic rings. The van der Waals surface area contributed by atoms with E-state index in [0.29, 0.717) is 12.5 Å². The zero-order valence-corrected chi connectivity index (χ0v) is 13.0. The molecule has 2 aromatic heterocycles. The van der Waals surface area contributed by atoms with Crippen molar-refractivity contribution in [3.63, 3.8) is 0 Å². The lowest BCUT2D eigenvalue weighted by molar-refractivity contribution is 0.0943. The number of rotatable bonds is 6. The fourth-order valence-electron chi connectivity index (χ4n) is 2.81. The van der Waals surface area contributed by atoms with Crippen LogP contribution in [0.4, 0.5) is 0 Å². The second-order valence-electron chi connectivity index (χ2n) is 5.49. The molecule has 1 atom stereocenters. The standard InChI is InChI=1S/C16H21N3OS/c1-2-6-20-12-15-9-18(8-14-3-7-21-13-14)11-16-17-4-5-19(16)10-15/h2-5,7,13,15H,1,6,8-12H2/t15-/m0/s1. The van der Waals surface area contributed by atoms with Gasteiger partial charge in [0.15, 0.2) is 0 Å². The predicted molar refractivity (Wildman–Crippen MR) is 85.2 cm³/mol. The maximum absolute atomic E-state index is 5.68. The summed E-state index contributed by atoms with van der Waals surface area (Å²) in [5.74, 6) is 1.63. The summed E-state index contributed by atoms with van der Waals surface area (Å²) in [5.41, 5.74) is 1.38. The van der Waals surface area contributed by atoms with Gasteiger partial charge < -0.3 is 9.30 Å². The zero-order chi connectivity index (χ0) is 14.5. The minimum Gasteiger partial charge on any atom is -0.377 e. The number of fused-ring (bicyclic) bond motifs is 1. The van der Waals surface area contributed by atoms with Crippen LogP contribution >= 0.6 is 11.3 Å². The lowest BCUT2D eigenvalue weighted by Gasteiger charge is -2.23. The van der Waals surface area contributed by atoms with Crippen LogP contribution < -0.4 is 0 Å². The zero-order valence-electron chi connectivity index (χ0n) is 12.1. The third kappa shape index (κ3) is 3.81. The largest absolute Gasteiger partial charge is 0.377 e. The van der Waals surface area contributed by atoms with Crippen molar-refractivity contribution in [3.05, 3.63) is 53.3 Å². The molecular weight excluding hydrogens is 282 g/mol. The van der Waals surface area contributed by atoms with E-state index in [0.717, 1.165) is 38.6 Å². The molecule has 21 heavy (non-hydrogen) atoms. The SMILES string of the molecule is C=CCOC[C@H]1CN(Cc2ccsc2)Cc2nccn2C1. The molecule has 3 rings (SSSR count). The van der Waals surface area contributed by atoms with Crippen LogP contribution in [-0.2, 0) is 24.4 Å². The molecule has 5 heteroatoms. The minimum absolute atomic E-state index is 0.485. The molecule has 0 saturated carbocycles. The van der Waals surface area contributed by atoms with Gasteiger partial charge >= 0.3 is 0 Å². The van der Waals surface area contributed by atoms with Gasteiger partial charge in [0.05, 0.1) is 19.8 Å². The average Bonchev–Trinajstić information content (AvgIpc) is 3.09. The Morgan fingerprint density at radius 3 is 3.24 bits per heavy atom. The van der Waals surface area contributed by atoms with E-state index in [1.807, 2.05) is 12.3 Å².